The lowest BCUT2D eigenvalue weighted by molar-refractivity contribution is -0.0498. The lowest BCUT2D eigenvalue weighted by Gasteiger charge is -2.23. The number of fused-ring (bicyclic) bond motifs is 1. The molecule has 8 nitrogen and oxygen atoms in total. The van der Waals surface area contributed by atoms with Gasteiger partial charge in [0.1, 0.15) is 11.6 Å². The van der Waals surface area contributed by atoms with Crippen LogP contribution in [0.25, 0.3) is 22.4 Å². The quantitative estimate of drug-likeness (QED) is 0.397. The van der Waals surface area contributed by atoms with E-state index in [-0.39, 0.29) is 34.9 Å². The minimum Gasteiger partial charge on any atom is -0.435 e. The lowest BCUT2D eigenvalue weighted by atomic mass is 10.0. The zero-order valence-corrected chi connectivity index (χ0v) is 20.8. The number of imidazole rings is 1. The van der Waals surface area contributed by atoms with Gasteiger partial charge < -0.3 is 10.1 Å². The highest BCUT2D eigenvalue weighted by Crippen LogP contribution is 2.27. The molecule has 3 aromatic carbocycles. The van der Waals surface area contributed by atoms with Crippen LogP contribution < -0.4 is 15.7 Å². The maximum Gasteiger partial charge on any atom is 0.387 e. The maximum absolute atomic E-state index is 13.7. The number of alkyl halides is 2. The van der Waals surface area contributed by atoms with Gasteiger partial charge in [-0.2, -0.15) is 8.78 Å². The van der Waals surface area contributed by atoms with Gasteiger partial charge in [0, 0.05) is 11.6 Å². The van der Waals surface area contributed by atoms with Crippen LogP contribution in [0.2, 0.25) is 0 Å². The van der Waals surface area contributed by atoms with E-state index >= 15 is 0 Å². The van der Waals surface area contributed by atoms with E-state index in [1.807, 2.05) is 0 Å². The van der Waals surface area contributed by atoms with Gasteiger partial charge in [0.2, 0.25) is 0 Å². The predicted molar refractivity (Wildman–Crippen MR) is 135 cm³/mol. The summed E-state index contributed by atoms with van der Waals surface area (Å²) in [5.74, 6) is -1.39. The molecule has 38 heavy (non-hydrogen) atoms. The molecule has 0 bridgehead atoms. The third-order valence-electron chi connectivity index (χ3n) is 6.41. The minimum atomic E-state index is -3.26. The first-order valence-electron chi connectivity index (χ1n) is 11.6. The fraction of sp³-hybridized carbons (Fsp3) is 0.231. The van der Waals surface area contributed by atoms with Crippen LogP contribution in [0, 0.1) is 5.82 Å². The number of halogens is 3. The van der Waals surface area contributed by atoms with Crippen molar-refractivity contribution in [2.45, 2.75) is 25.5 Å². The average molecular weight is 546 g/mol. The minimum absolute atomic E-state index is 0.0237. The summed E-state index contributed by atoms with van der Waals surface area (Å²) in [7, 11) is -3.26. The Bertz CT molecular complexity index is 1710. The summed E-state index contributed by atoms with van der Waals surface area (Å²) < 4.78 is 70.1. The molecule has 0 unspecified atom stereocenters. The summed E-state index contributed by atoms with van der Waals surface area (Å²) in [5.41, 5.74) is -0.165. The van der Waals surface area contributed by atoms with Gasteiger partial charge in [-0.25, -0.2) is 17.6 Å². The van der Waals surface area contributed by atoms with Crippen LogP contribution in [-0.2, 0) is 9.84 Å². The Labute approximate surface area is 215 Å². The van der Waals surface area contributed by atoms with Crippen LogP contribution in [-0.4, -0.2) is 47.1 Å². The molecule has 198 valence electrons. The van der Waals surface area contributed by atoms with Crippen molar-refractivity contribution in [3.8, 4) is 17.1 Å². The molecule has 1 aromatic heterocycles. The fourth-order valence-corrected chi connectivity index (χ4v) is 6.78. The first kappa shape index (κ1) is 25.6. The monoisotopic (exact) mass is 545 g/mol. The topological polar surface area (TPSA) is 99.4 Å². The van der Waals surface area contributed by atoms with Crippen molar-refractivity contribution >= 4 is 26.8 Å². The molecule has 1 saturated heterocycles. The SMILES string of the molecule is C[C@@]1(NC(=O)c2ccc3c(c2)n(-c2ccc(F)cc2)c(=O)n3-c2cccc(OC(F)F)c2)CCS(=O)(=O)C1. The summed E-state index contributed by atoms with van der Waals surface area (Å²) in [5, 5.41) is 2.79. The van der Waals surface area contributed by atoms with Gasteiger partial charge in [0.15, 0.2) is 9.84 Å². The highest BCUT2D eigenvalue weighted by atomic mass is 32.2. The van der Waals surface area contributed by atoms with E-state index in [0.29, 0.717) is 16.7 Å². The van der Waals surface area contributed by atoms with Gasteiger partial charge >= 0.3 is 12.3 Å². The van der Waals surface area contributed by atoms with Crippen molar-refractivity contribution in [1.82, 2.24) is 14.5 Å². The molecule has 0 radical (unpaired) electrons. The Hall–Kier alpha value is -4.06. The van der Waals surface area contributed by atoms with E-state index in [9.17, 15) is 31.2 Å². The summed E-state index contributed by atoms with van der Waals surface area (Å²) in [4.78, 5) is 26.8. The van der Waals surface area contributed by atoms with Crippen LogP contribution in [0.4, 0.5) is 13.2 Å². The summed E-state index contributed by atoms with van der Waals surface area (Å²) in [6.07, 6.45) is 0.275. The van der Waals surface area contributed by atoms with Crippen LogP contribution >= 0.6 is 0 Å². The Kier molecular flexibility index (Phi) is 6.30. The molecule has 1 atom stereocenters. The number of carbonyl (C=O) groups excluding carboxylic acids is 1. The summed E-state index contributed by atoms with van der Waals surface area (Å²) in [6.45, 7) is -1.40. The van der Waals surface area contributed by atoms with Crippen molar-refractivity contribution in [2.24, 2.45) is 0 Å². The van der Waals surface area contributed by atoms with E-state index in [4.69, 9.17) is 0 Å². The molecule has 0 aliphatic carbocycles. The molecular weight excluding hydrogens is 523 g/mol. The van der Waals surface area contributed by atoms with Crippen molar-refractivity contribution in [3.63, 3.8) is 0 Å². The first-order chi connectivity index (χ1) is 17.9. The second-order valence-corrected chi connectivity index (χ2v) is 11.6. The lowest BCUT2D eigenvalue weighted by Crippen LogP contribution is -2.46. The molecule has 1 amide bonds. The van der Waals surface area contributed by atoms with E-state index in [2.05, 4.69) is 10.1 Å². The Morgan fingerprint density at radius 1 is 1.00 bits per heavy atom. The maximum atomic E-state index is 13.7. The second-order valence-electron chi connectivity index (χ2n) is 9.37. The summed E-state index contributed by atoms with van der Waals surface area (Å²) >= 11 is 0. The Balaban J connectivity index is 1.65. The molecule has 12 heteroatoms. The smallest absolute Gasteiger partial charge is 0.387 e. The molecule has 1 aliphatic heterocycles. The van der Waals surface area contributed by atoms with Gasteiger partial charge in [0.05, 0.1) is 39.5 Å². The highest BCUT2D eigenvalue weighted by Gasteiger charge is 2.39. The van der Waals surface area contributed by atoms with E-state index in [0.717, 1.165) is 0 Å². The van der Waals surface area contributed by atoms with E-state index < -0.39 is 39.4 Å². The third-order valence-corrected chi connectivity index (χ3v) is 8.31. The van der Waals surface area contributed by atoms with Crippen molar-refractivity contribution in [3.05, 3.63) is 88.6 Å². The largest absolute Gasteiger partial charge is 0.435 e. The number of ether oxygens (including phenoxy) is 1. The average Bonchev–Trinajstić information content (AvgIpc) is 3.29. The number of sulfone groups is 1. The standard InChI is InChI=1S/C26H22F3N3O5S/c1-26(11-12-38(35,36)15-26)30-23(33)16-5-10-21-22(13-16)31(18-8-6-17(27)7-9-18)25(34)32(21)19-3-2-4-20(14-19)37-24(28)29/h2-10,13-14,24H,11-12,15H2,1H3,(H,30,33)/t26-/m1/s1. The molecule has 5 rings (SSSR count). The molecule has 1 fully saturated rings. The zero-order valence-electron chi connectivity index (χ0n) is 20.0. The van der Waals surface area contributed by atoms with Crippen LogP contribution in [0.5, 0.6) is 5.75 Å². The van der Waals surface area contributed by atoms with Crippen molar-refractivity contribution < 1.29 is 31.1 Å². The van der Waals surface area contributed by atoms with Gasteiger partial charge in [-0.3, -0.25) is 13.9 Å². The van der Waals surface area contributed by atoms with Crippen molar-refractivity contribution in [1.29, 1.82) is 0 Å². The van der Waals surface area contributed by atoms with Crippen molar-refractivity contribution in [2.75, 3.05) is 11.5 Å². The number of aromatic nitrogens is 2. The molecule has 0 saturated carbocycles. The van der Waals surface area contributed by atoms with Gasteiger partial charge in [-0.05, 0) is 67.9 Å². The number of nitrogens with zero attached hydrogens (tertiary/aromatic N) is 2. The number of rotatable bonds is 6. The van der Waals surface area contributed by atoms with Gasteiger partial charge in [-0.15, -0.1) is 0 Å². The van der Waals surface area contributed by atoms with E-state index in [1.165, 1.54) is 75.9 Å². The molecular formula is C26H22F3N3O5S. The van der Waals surface area contributed by atoms with Gasteiger partial charge in [0.25, 0.3) is 5.91 Å². The number of nitrogens with one attached hydrogen (secondary N) is 1. The predicted octanol–water partition coefficient (Wildman–Crippen LogP) is 3.83. The number of hydrogen-bond donors (Lipinski definition) is 1. The fourth-order valence-electron chi connectivity index (χ4n) is 4.68. The van der Waals surface area contributed by atoms with Crippen LogP contribution in [0.15, 0.2) is 71.5 Å². The Morgan fingerprint density at radius 2 is 1.71 bits per heavy atom. The summed E-state index contributed by atoms with van der Waals surface area (Å²) in [6, 6.07) is 15.2. The third kappa shape index (κ3) is 4.91. The molecule has 0 spiro atoms. The molecule has 2 heterocycles. The molecule has 1 N–H and O–H groups in total. The van der Waals surface area contributed by atoms with Crippen LogP contribution in [0.1, 0.15) is 23.7 Å². The molecule has 1 aliphatic rings. The van der Waals surface area contributed by atoms with Crippen LogP contribution in [0.3, 0.4) is 0 Å². The normalized spacial score (nSPS) is 18.7. The second kappa shape index (κ2) is 9.35. The Morgan fingerprint density at radius 3 is 2.37 bits per heavy atom. The van der Waals surface area contributed by atoms with Gasteiger partial charge in [-0.1, -0.05) is 6.07 Å². The number of benzene rings is 3. The van der Waals surface area contributed by atoms with E-state index in [1.54, 1.807) is 6.92 Å². The number of carbonyl (C=O) groups is 1. The number of amides is 1. The number of hydrogen-bond acceptors (Lipinski definition) is 5. The zero-order chi connectivity index (χ0) is 27.2. The highest BCUT2D eigenvalue weighted by molar-refractivity contribution is 7.91. The molecule has 4 aromatic rings. The first-order valence-corrected chi connectivity index (χ1v) is 13.4.